The Morgan fingerprint density at radius 3 is 2.50 bits per heavy atom. The van der Waals surface area contributed by atoms with Crippen LogP contribution < -0.4 is 5.56 Å². The molecule has 0 spiro atoms. The van der Waals surface area contributed by atoms with E-state index in [0.29, 0.717) is 11.1 Å². The minimum absolute atomic E-state index is 0.194. The number of aryl methyl sites for hydroxylation is 1. The third-order valence-electron chi connectivity index (χ3n) is 3.38. The molecule has 0 aliphatic carbocycles. The topological polar surface area (TPSA) is 69.0 Å². The first-order valence-corrected chi connectivity index (χ1v) is 9.42. The lowest BCUT2D eigenvalue weighted by atomic mass is 10.3. The summed E-state index contributed by atoms with van der Waals surface area (Å²) >= 11 is 1.57. The van der Waals surface area contributed by atoms with E-state index in [0.717, 1.165) is 22.3 Å². The van der Waals surface area contributed by atoms with Gasteiger partial charge in [-0.1, -0.05) is 6.92 Å². The molecule has 2 heterocycles. The fourth-order valence-corrected chi connectivity index (χ4v) is 3.78. The number of nitrogens with zero attached hydrogens (tertiary/aromatic N) is 2. The summed E-state index contributed by atoms with van der Waals surface area (Å²) in [6, 6.07) is 8.03. The Morgan fingerprint density at radius 1 is 1.23 bits per heavy atom. The summed E-state index contributed by atoms with van der Waals surface area (Å²) < 4.78 is 25.1. The maximum Gasteiger partial charge on any atom is 0.280 e. The number of aromatic nitrogens is 2. The summed E-state index contributed by atoms with van der Waals surface area (Å²) in [6.45, 7) is 2.04. The summed E-state index contributed by atoms with van der Waals surface area (Å²) in [5, 5.41) is 4.82. The monoisotopic (exact) mass is 334 g/mol. The average Bonchev–Trinajstić information content (AvgIpc) is 2.91. The molecule has 0 atom stereocenters. The molecule has 0 aliphatic heterocycles. The van der Waals surface area contributed by atoms with E-state index in [-0.39, 0.29) is 10.5 Å². The van der Waals surface area contributed by atoms with Crippen LogP contribution in [0, 0.1) is 0 Å². The predicted molar refractivity (Wildman–Crippen MR) is 87.7 cm³/mol. The van der Waals surface area contributed by atoms with Gasteiger partial charge in [-0.15, -0.1) is 11.3 Å². The van der Waals surface area contributed by atoms with Gasteiger partial charge < -0.3 is 0 Å². The summed E-state index contributed by atoms with van der Waals surface area (Å²) in [5.74, 6) is 0. The lowest BCUT2D eigenvalue weighted by molar-refractivity contribution is 0.602. The predicted octanol–water partition coefficient (Wildman–Crippen LogP) is 2.41. The van der Waals surface area contributed by atoms with Gasteiger partial charge in [0, 0.05) is 11.1 Å². The van der Waals surface area contributed by atoms with Crippen molar-refractivity contribution in [3.63, 3.8) is 0 Å². The van der Waals surface area contributed by atoms with E-state index in [2.05, 4.69) is 5.10 Å². The maximum atomic E-state index is 12.5. The van der Waals surface area contributed by atoms with Crippen LogP contribution in [0.4, 0.5) is 0 Å². The number of thiophene rings is 1. The quantitative estimate of drug-likeness (QED) is 0.737. The lowest BCUT2D eigenvalue weighted by Gasteiger charge is -2.05. The molecule has 0 unspecified atom stereocenters. The second-order valence-electron chi connectivity index (χ2n) is 4.97. The first-order chi connectivity index (χ1) is 10.4. The first kappa shape index (κ1) is 14.9. The number of hydrogen-bond donors (Lipinski definition) is 0. The van der Waals surface area contributed by atoms with E-state index in [1.54, 1.807) is 29.7 Å². The Bertz CT molecular complexity index is 999. The third kappa shape index (κ3) is 2.57. The van der Waals surface area contributed by atoms with Crippen molar-refractivity contribution in [2.75, 3.05) is 6.26 Å². The molecule has 0 saturated carbocycles. The SMILES string of the molecule is CCc1cc2c(=O)n(-c3ccc(S(C)(=O)=O)cc3)ncc2s1. The van der Waals surface area contributed by atoms with Crippen LogP contribution in [0.3, 0.4) is 0 Å². The summed E-state index contributed by atoms with van der Waals surface area (Å²) in [4.78, 5) is 13.9. The molecule has 0 bridgehead atoms. The molecule has 0 saturated heterocycles. The normalized spacial score (nSPS) is 11.9. The highest BCUT2D eigenvalue weighted by Crippen LogP contribution is 2.23. The van der Waals surface area contributed by atoms with Gasteiger partial charge in [0.15, 0.2) is 9.84 Å². The molecular weight excluding hydrogens is 320 g/mol. The molecule has 3 rings (SSSR count). The van der Waals surface area contributed by atoms with Crippen molar-refractivity contribution >= 4 is 31.3 Å². The fraction of sp³-hybridized carbons (Fsp3) is 0.200. The van der Waals surface area contributed by atoms with Crippen LogP contribution >= 0.6 is 11.3 Å². The smallest absolute Gasteiger partial charge is 0.267 e. The van der Waals surface area contributed by atoms with Gasteiger partial charge in [0.2, 0.25) is 0 Å². The van der Waals surface area contributed by atoms with Gasteiger partial charge in [0.25, 0.3) is 5.56 Å². The van der Waals surface area contributed by atoms with E-state index in [4.69, 9.17) is 0 Å². The largest absolute Gasteiger partial charge is 0.280 e. The van der Waals surface area contributed by atoms with Gasteiger partial charge in [0.1, 0.15) is 0 Å². The van der Waals surface area contributed by atoms with Crippen LogP contribution in [0.2, 0.25) is 0 Å². The average molecular weight is 334 g/mol. The van der Waals surface area contributed by atoms with E-state index in [9.17, 15) is 13.2 Å². The summed E-state index contributed by atoms with van der Waals surface area (Å²) in [7, 11) is -3.25. The standard InChI is InChI=1S/C15H14N2O3S2/c1-3-11-8-13-14(21-11)9-16-17(15(13)18)10-4-6-12(7-5-10)22(2,19)20/h4-9H,3H2,1-2H3. The van der Waals surface area contributed by atoms with Crippen molar-refractivity contribution in [3.05, 3.63) is 51.8 Å². The van der Waals surface area contributed by atoms with Gasteiger partial charge in [-0.2, -0.15) is 9.78 Å². The van der Waals surface area contributed by atoms with Gasteiger partial charge in [-0.25, -0.2) is 8.42 Å². The summed E-state index contributed by atoms with van der Waals surface area (Å²) in [6.07, 6.45) is 3.70. The second kappa shape index (κ2) is 5.33. The van der Waals surface area contributed by atoms with Crippen LogP contribution in [0.5, 0.6) is 0 Å². The lowest BCUT2D eigenvalue weighted by Crippen LogP contribution is -2.20. The molecule has 0 radical (unpaired) electrons. The highest BCUT2D eigenvalue weighted by molar-refractivity contribution is 7.90. The van der Waals surface area contributed by atoms with E-state index >= 15 is 0 Å². The van der Waals surface area contributed by atoms with E-state index in [1.807, 2.05) is 13.0 Å². The van der Waals surface area contributed by atoms with Crippen molar-refractivity contribution in [1.29, 1.82) is 0 Å². The van der Waals surface area contributed by atoms with Gasteiger partial charge in [-0.05, 0) is 36.8 Å². The molecule has 22 heavy (non-hydrogen) atoms. The van der Waals surface area contributed by atoms with Gasteiger partial charge >= 0.3 is 0 Å². The minimum Gasteiger partial charge on any atom is -0.267 e. The van der Waals surface area contributed by atoms with Crippen LogP contribution in [0.1, 0.15) is 11.8 Å². The zero-order chi connectivity index (χ0) is 15.9. The minimum atomic E-state index is -3.25. The fourth-order valence-electron chi connectivity index (χ4n) is 2.19. The summed E-state index contributed by atoms with van der Waals surface area (Å²) in [5.41, 5.74) is 0.351. The number of sulfone groups is 1. The Balaban J connectivity index is 2.14. The van der Waals surface area contributed by atoms with Crippen LogP contribution in [-0.2, 0) is 16.3 Å². The van der Waals surface area contributed by atoms with Crippen molar-refractivity contribution in [1.82, 2.24) is 9.78 Å². The molecule has 7 heteroatoms. The molecule has 0 aliphatic rings. The van der Waals surface area contributed by atoms with Crippen molar-refractivity contribution < 1.29 is 8.42 Å². The zero-order valence-electron chi connectivity index (χ0n) is 12.1. The first-order valence-electron chi connectivity index (χ1n) is 6.71. The second-order valence-corrected chi connectivity index (χ2v) is 8.16. The van der Waals surface area contributed by atoms with Gasteiger partial charge in [-0.3, -0.25) is 4.79 Å². The van der Waals surface area contributed by atoms with Crippen LogP contribution in [0.25, 0.3) is 15.8 Å². The third-order valence-corrected chi connectivity index (χ3v) is 5.73. The number of rotatable bonds is 3. The Labute approximate surface area is 131 Å². The van der Waals surface area contributed by atoms with Crippen molar-refractivity contribution in [2.24, 2.45) is 0 Å². The molecule has 2 aromatic heterocycles. The molecule has 0 N–H and O–H groups in total. The number of benzene rings is 1. The number of hydrogen-bond acceptors (Lipinski definition) is 5. The molecule has 1 aromatic carbocycles. The number of fused-ring (bicyclic) bond motifs is 1. The maximum absolute atomic E-state index is 12.5. The molecule has 0 fully saturated rings. The Kier molecular flexibility index (Phi) is 3.62. The van der Waals surface area contributed by atoms with Crippen molar-refractivity contribution in [3.8, 4) is 5.69 Å². The Morgan fingerprint density at radius 2 is 1.91 bits per heavy atom. The molecule has 5 nitrogen and oxygen atoms in total. The van der Waals surface area contributed by atoms with Crippen LogP contribution in [0.15, 0.2) is 46.2 Å². The van der Waals surface area contributed by atoms with Gasteiger partial charge in [0.05, 0.1) is 26.9 Å². The highest BCUT2D eigenvalue weighted by Gasteiger charge is 2.11. The van der Waals surface area contributed by atoms with Crippen LogP contribution in [-0.4, -0.2) is 24.5 Å². The molecule has 114 valence electrons. The molecule has 3 aromatic rings. The van der Waals surface area contributed by atoms with E-state index < -0.39 is 9.84 Å². The molecule has 0 amide bonds. The van der Waals surface area contributed by atoms with Crippen molar-refractivity contribution in [2.45, 2.75) is 18.2 Å². The Hall–Kier alpha value is -1.99. The molecular formula is C15H14N2O3S2. The van der Waals surface area contributed by atoms with E-state index in [1.165, 1.54) is 16.8 Å². The highest BCUT2D eigenvalue weighted by atomic mass is 32.2. The zero-order valence-corrected chi connectivity index (χ0v) is 13.7.